The van der Waals surface area contributed by atoms with Crippen LogP contribution in [0.5, 0.6) is 0 Å². The van der Waals surface area contributed by atoms with E-state index < -0.39 is 0 Å². The van der Waals surface area contributed by atoms with Crippen LogP contribution in [0.4, 0.5) is 4.39 Å². The van der Waals surface area contributed by atoms with Crippen molar-refractivity contribution in [2.24, 2.45) is 4.99 Å². The number of benzene rings is 2. The summed E-state index contributed by atoms with van der Waals surface area (Å²) in [6, 6.07) is 13.7. The maximum atomic E-state index is 12.9. The molecular weight excluding hydrogens is 267 g/mol. The molecule has 0 saturated carbocycles. The Hall–Kier alpha value is -2.75. The van der Waals surface area contributed by atoms with Gasteiger partial charge in [-0.05, 0) is 42.8 Å². The highest BCUT2D eigenvalue weighted by atomic mass is 19.1. The van der Waals surface area contributed by atoms with Crippen molar-refractivity contribution >= 4 is 17.8 Å². The summed E-state index contributed by atoms with van der Waals surface area (Å²) in [5.74, 6) is -0.131. The first-order chi connectivity index (χ1) is 10.1. The average molecular weight is 280 g/mol. The van der Waals surface area contributed by atoms with Crippen LogP contribution in [-0.4, -0.2) is 11.7 Å². The van der Waals surface area contributed by atoms with Gasteiger partial charge >= 0.3 is 0 Å². The highest BCUT2D eigenvalue weighted by Gasteiger charge is 2.20. The topological polar surface area (TPSA) is 41.5 Å². The first kappa shape index (κ1) is 13.2. The van der Waals surface area contributed by atoms with Gasteiger partial charge in [0.2, 0.25) is 0 Å². The largest absolute Gasteiger partial charge is 0.305 e. The number of carbonyl (C=O) groups is 1. The van der Waals surface area contributed by atoms with Crippen LogP contribution in [0.2, 0.25) is 0 Å². The van der Waals surface area contributed by atoms with E-state index in [1.165, 1.54) is 12.1 Å². The molecule has 4 heteroatoms. The predicted molar refractivity (Wildman–Crippen MR) is 80.2 cm³/mol. The van der Waals surface area contributed by atoms with Crippen molar-refractivity contribution in [3.8, 4) is 0 Å². The summed E-state index contributed by atoms with van der Waals surface area (Å²) >= 11 is 0. The van der Waals surface area contributed by atoms with Gasteiger partial charge in [0.1, 0.15) is 17.3 Å². The summed E-state index contributed by atoms with van der Waals surface area (Å²) in [5.41, 5.74) is 3.06. The maximum Gasteiger partial charge on any atom is 0.275 e. The summed E-state index contributed by atoms with van der Waals surface area (Å²) in [5, 5.41) is 2.69. The molecule has 1 N–H and O–H groups in total. The van der Waals surface area contributed by atoms with Gasteiger partial charge in [-0.25, -0.2) is 9.38 Å². The number of amidine groups is 1. The van der Waals surface area contributed by atoms with Gasteiger partial charge in [-0.3, -0.25) is 4.79 Å². The van der Waals surface area contributed by atoms with Gasteiger partial charge in [-0.2, -0.15) is 0 Å². The molecule has 0 fully saturated rings. The molecule has 0 radical (unpaired) electrons. The molecule has 21 heavy (non-hydrogen) atoms. The number of hydrogen-bond donors (Lipinski definition) is 1. The van der Waals surface area contributed by atoms with Crippen LogP contribution in [0.15, 0.2) is 59.2 Å². The zero-order chi connectivity index (χ0) is 14.8. The van der Waals surface area contributed by atoms with Gasteiger partial charge in [0.15, 0.2) is 0 Å². The highest BCUT2D eigenvalue weighted by Crippen LogP contribution is 2.16. The molecule has 0 aliphatic carbocycles. The number of rotatable bonds is 2. The molecule has 3 nitrogen and oxygen atoms in total. The number of aliphatic imine (C=N–C) groups is 1. The Bertz CT molecular complexity index is 761. The maximum absolute atomic E-state index is 12.9. The van der Waals surface area contributed by atoms with Crippen molar-refractivity contribution in [2.45, 2.75) is 6.92 Å². The molecule has 1 amide bonds. The fraction of sp³-hybridized carbons (Fsp3) is 0.0588. The molecule has 2 aromatic rings. The van der Waals surface area contributed by atoms with Crippen molar-refractivity contribution < 1.29 is 9.18 Å². The Labute approximate surface area is 121 Å². The van der Waals surface area contributed by atoms with E-state index in [1.807, 2.05) is 31.2 Å². The number of nitrogens with one attached hydrogen (secondary N) is 1. The number of halogens is 1. The van der Waals surface area contributed by atoms with Crippen LogP contribution in [0.1, 0.15) is 16.7 Å². The zero-order valence-corrected chi connectivity index (χ0v) is 11.4. The molecule has 1 heterocycles. The van der Waals surface area contributed by atoms with Gasteiger partial charge < -0.3 is 5.32 Å². The third kappa shape index (κ3) is 2.89. The van der Waals surface area contributed by atoms with Crippen molar-refractivity contribution in [2.75, 3.05) is 0 Å². The van der Waals surface area contributed by atoms with E-state index in [2.05, 4.69) is 10.3 Å². The fourth-order valence-electron chi connectivity index (χ4n) is 2.13. The lowest BCUT2D eigenvalue weighted by Crippen LogP contribution is -2.24. The van der Waals surface area contributed by atoms with E-state index in [-0.39, 0.29) is 11.7 Å². The second kappa shape index (κ2) is 5.32. The van der Waals surface area contributed by atoms with Gasteiger partial charge in [0, 0.05) is 5.56 Å². The molecule has 0 aromatic heterocycles. The van der Waals surface area contributed by atoms with Crippen LogP contribution < -0.4 is 5.32 Å². The SMILES string of the molecule is Cc1cccc(/C=C2/N=C(c3ccc(F)cc3)NC2=O)c1. The monoisotopic (exact) mass is 280 g/mol. The van der Waals surface area contributed by atoms with Crippen molar-refractivity contribution in [1.82, 2.24) is 5.32 Å². The Morgan fingerprint density at radius 3 is 2.62 bits per heavy atom. The summed E-state index contributed by atoms with van der Waals surface area (Å²) in [4.78, 5) is 16.2. The molecule has 0 bridgehead atoms. The number of amides is 1. The molecular formula is C17H13FN2O. The quantitative estimate of drug-likeness (QED) is 0.844. The van der Waals surface area contributed by atoms with Gasteiger partial charge in [0.05, 0.1) is 0 Å². The number of aryl methyl sites for hydroxylation is 1. The number of hydrogen-bond acceptors (Lipinski definition) is 2. The van der Waals surface area contributed by atoms with Gasteiger partial charge in [-0.1, -0.05) is 29.8 Å². The van der Waals surface area contributed by atoms with Gasteiger partial charge in [0.25, 0.3) is 5.91 Å². The minimum atomic E-state index is -0.320. The van der Waals surface area contributed by atoms with E-state index in [0.29, 0.717) is 17.1 Å². The highest BCUT2D eigenvalue weighted by molar-refractivity contribution is 6.19. The fourth-order valence-corrected chi connectivity index (χ4v) is 2.13. The van der Waals surface area contributed by atoms with Crippen LogP contribution in [-0.2, 0) is 4.79 Å². The molecule has 1 aliphatic heterocycles. The van der Waals surface area contributed by atoms with E-state index in [0.717, 1.165) is 11.1 Å². The normalized spacial score (nSPS) is 16.0. The second-order valence-electron chi connectivity index (χ2n) is 4.87. The molecule has 0 saturated heterocycles. The lowest BCUT2D eigenvalue weighted by molar-refractivity contribution is -0.115. The molecule has 0 unspecified atom stereocenters. The van der Waals surface area contributed by atoms with Crippen LogP contribution >= 0.6 is 0 Å². The van der Waals surface area contributed by atoms with Crippen LogP contribution in [0.25, 0.3) is 6.08 Å². The number of carbonyl (C=O) groups excluding carboxylic acids is 1. The lowest BCUT2D eigenvalue weighted by Gasteiger charge is -1.99. The summed E-state index contributed by atoms with van der Waals surface area (Å²) in [6.45, 7) is 1.99. The van der Waals surface area contributed by atoms with E-state index >= 15 is 0 Å². The Morgan fingerprint density at radius 1 is 1.14 bits per heavy atom. The zero-order valence-electron chi connectivity index (χ0n) is 11.4. The summed E-state index contributed by atoms with van der Waals surface area (Å²) in [7, 11) is 0. The molecule has 1 aliphatic rings. The molecule has 104 valence electrons. The van der Waals surface area contributed by atoms with Crippen LogP contribution in [0.3, 0.4) is 0 Å². The minimum absolute atomic E-state index is 0.254. The van der Waals surface area contributed by atoms with E-state index in [4.69, 9.17) is 0 Å². The third-order valence-electron chi connectivity index (χ3n) is 3.16. The molecule has 2 aromatic carbocycles. The van der Waals surface area contributed by atoms with Crippen molar-refractivity contribution in [3.05, 3.63) is 76.7 Å². The lowest BCUT2D eigenvalue weighted by atomic mass is 10.1. The first-order valence-electron chi connectivity index (χ1n) is 6.56. The molecule has 0 atom stereocenters. The van der Waals surface area contributed by atoms with Crippen LogP contribution in [0, 0.1) is 12.7 Å². The second-order valence-corrected chi connectivity index (χ2v) is 4.87. The smallest absolute Gasteiger partial charge is 0.275 e. The van der Waals surface area contributed by atoms with E-state index in [1.54, 1.807) is 18.2 Å². The first-order valence-corrected chi connectivity index (χ1v) is 6.56. The predicted octanol–water partition coefficient (Wildman–Crippen LogP) is 3.05. The Kier molecular flexibility index (Phi) is 3.36. The van der Waals surface area contributed by atoms with Crippen molar-refractivity contribution in [3.63, 3.8) is 0 Å². The van der Waals surface area contributed by atoms with E-state index in [9.17, 15) is 9.18 Å². The van der Waals surface area contributed by atoms with Crippen molar-refractivity contribution in [1.29, 1.82) is 0 Å². The molecule has 0 spiro atoms. The Morgan fingerprint density at radius 2 is 1.90 bits per heavy atom. The summed E-state index contributed by atoms with van der Waals surface area (Å²) < 4.78 is 12.9. The third-order valence-corrected chi connectivity index (χ3v) is 3.16. The average Bonchev–Trinajstić information content (AvgIpc) is 2.81. The minimum Gasteiger partial charge on any atom is -0.305 e. The Balaban J connectivity index is 1.93. The summed E-state index contributed by atoms with van der Waals surface area (Å²) in [6.07, 6.45) is 1.73. The molecule has 3 rings (SSSR count). The van der Waals surface area contributed by atoms with Gasteiger partial charge in [-0.15, -0.1) is 0 Å². The number of nitrogens with zero attached hydrogens (tertiary/aromatic N) is 1. The standard InChI is InChI=1S/C17H13FN2O/c1-11-3-2-4-12(9-11)10-15-17(21)20-16(19-15)13-5-7-14(18)8-6-13/h2-10H,1H3,(H,19,20,21)/b15-10+.